The van der Waals surface area contributed by atoms with E-state index < -0.39 is 6.09 Å². The van der Waals surface area contributed by atoms with Crippen LogP contribution < -0.4 is 5.32 Å². The molecule has 3 aromatic carbocycles. The first-order valence-corrected chi connectivity index (χ1v) is 10.4. The Morgan fingerprint density at radius 1 is 1.00 bits per heavy atom. The van der Waals surface area contributed by atoms with Crippen molar-refractivity contribution in [1.82, 2.24) is 5.32 Å². The molecule has 4 rings (SSSR count). The number of phenolic OH excluding ortho intramolecular Hbond substituents is 1. The largest absolute Gasteiger partial charge is 0.508 e. The number of carbonyl (C=O) groups is 1. The third-order valence-corrected chi connectivity index (χ3v) is 5.59. The van der Waals surface area contributed by atoms with Gasteiger partial charge in [-0.1, -0.05) is 60.4 Å². The molecule has 0 unspecified atom stereocenters. The summed E-state index contributed by atoms with van der Waals surface area (Å²) in [5, 5.41) is 12.4. The highest BCUT2D eigenvalue weighted by molar-refractivity contribution is 5.79. The van der Waals surface area contributed by atoms with Crippen LogP contribution in [0.4, 0.5) is 4.79 Å². The number of nitrogens with one attached hydrogen (secondary N) is 1. The lowest BCUT2D eigenvalue weighted by atomic mass is 9.98. The summed E-state index contributed by atoms with van der Waals surface area (Å²) in [7, 11) is 0. The number of phenols is 1. The first-order valence-electron chi connectivity index (χ1n) is 10.4. The van der Waals surface area contributed by atoms with Gasteiger partial charge in [0, 0.05) is 24.4 Å². The summed E-state index contributed by atoms with van der Waals surface area (Å²) in [6, 6.07) is 19.9. The smallest absolute Gasteiger partial charge is 0.407 e. The molecule has 1 aliphatic rings. The summed E-state index contributed by atoms with van der Waals surface area (Å²) in [4.78, 5) is 12.2. The molecule has 0 aromatic heterocycles. The van der Waals surface area contributed by atoms with Gasteiger partial charge in [-0.15, -0.1) is 0 Å². The summed E-state index contributed by atoms with van der Waals surface area (Å²) in [5.41, 5.74) is 7.61. The molecule has 0 saturated carbocycles. The Labute approximate surface area is 182 Å². The standard InChI is InChI=1S/C27H25NO3/c1-18-15-20(29)16-19(2)21(18)9-7-8-14-28-27(30)31-17-26-24-12-5-3-10-22(24)23-11-4-6-13-25(23)26/h3-6,10-13,15-16,26,29H,8,14,17H2,1-2H3,(H,28,30). The van der Waals surface area contributed by atoms with Crippen LogP contribution in [0.5, 0.6) is 5.75 Å². The number of hydrogen-bond acceptors (Lipinski definition) is 3. The first kappa shape index (κ1) is 20.6. The van der Waals surface area contributed by atoms with Crippen molar-refractivity contribution in [3.8, 4) is 28.7 Å². The van der Waals surface area contributed by atoms with Gasteiger partial charge in [-0.05, 0) is 59.4 Å². The molecule has 0 heterocycles. The van der Waals surface area contributed by atoms with Gasteiger partial charge in [0.15, 0.2) is 0 Å². The zero-order valence-electron chi connectivity index (χ0n) is 17.7. The zero-order valence-corrected chi connectivity index (χ0v) is 17.7. The summed E-state index contributed by atoms with van der Waals surface area (Å²) in [6.45, 7) is 4.56. The minimum absolute atomic E-state index is 0.0541. The fourth-order valence-corrected chi connectivity index (χ4v) is 4.17. The van der Waals surface area contributed by atoms with Crippen LogP contribution >= 0.6 is 0 Å². The molecule has 1 aliphatic carbocycles. The summed E-state index contributed by atoms with van der Waals surface area (Å²) < 4.78 is 5.53. The number of benzene rings is 3. The van der Waals surface area contributed by atoms with Crippen molar-refractivity contribution in [2.45, 2.75) is 26.2 Å². The van der Waals surface area contributed by atoms with Crippen LogP contribution in [0.3, 0.4) is 0 Å². The third kappa shape index (κ3) is 4.41. The van der Waals surface area contributed by atoms with E-state index in [1.54, 1.807) is 12.1 Å². The van der Waals surface area contributed by atoms with E-state index in [9.17, 15) is 9.90 Å². The van der Waals surface area contributed by atoms with Crippen molar-refractivity contribution in [3.05, 3.63) is 88.5 Å². The molecule has 31 heavy (non-hydrogen) atoms. The number of amides is 1. The van der Waals surface area contributed by atoms with Crippen molar-refractivity contribution in [1.29, 1.82) is 0 Å². The van der Waals surface area contributed by atoms with Gasteiger partial charge in [-0.3, -0.25) is 0 Å². The van der Waals surface area contributed by atoms with Crippen LogP contribution in [0, 0.1) is 25.7 Å². The molecular weight excluding hydrogens is 386 g/mol. The maximum atomic E-state index is 12.2. The van der Waals surface area contributed by atoms with Gasteiger partial charge in [0.2, 0.25) is 0 Å². The van der Waals surface area contributed by atoms with Gasteiger partial charge in [0.1, 0.15) is 12.4 Å². The number of rotatable bonds is 4. The second-order valence-electron chi connectivity index (χ2n) is 7.76. The fraction of sp³-hybridized carbons (Fsp3) is 0.222. The van der Waals surface area contributed by atoms with E-state index in [0.717, 1.165) is 16.7 Å². The molecular formula is C27H25NO3. The van der Waals surface area contributed by atoms with Crippen molar-refractivity contribution in [3.63, 3.8) is 0 Å². The lowest BCUT2D eigenvalue weighted by Crippen LogP contribution is -2.26. The highest BCUT2D eigenvalue weighted by Gasteiger charge is 2.28. The van der Waals surface area contributed by atoms with Gasteiger partial charge in [-0.25, -0.2) is 4.79 Å². The second kappa shape index (κ2) is 8.97. The molecule has 0 fully saturated rings. The van der Waals surface area contributed by atoms with Gasteiger partial charge < -0.3 is 15.2 Å². The van der Waals surface area contributed by atoms with E-state index in [-0.39, 0.29) is 11.7 Å². The summed E-state index contributed by atoms with van der Waals surface area (Å²) >= 11 is 0. The van der Waals surface area contributed by atoms with E-state index in [1.165, 1.54) is 22.3 Å². The summed E-state index contributed by atoms with van der Waals surface area (Å²) in [6.07, 6.45) is 0.0879. The number of ether oxygens (including phenoxy) is 1. The van der Waals surface area contributed by atoms with E-state index in [2.05, 4.69) is 41.4 Å². The molecule has 4 heteroatoms. The van der Waals surface area contributed by atoms with Gasteiger partial charge in [-0.2, -0.15) is 0 Å². The summed E-state index contributed by atoms with van der Waals surface area (Å²) in [5.74, 6) is 6.51. The van der Waals surface area contributed by atoms with Crippen molar-refractivity contribution in [2.24, 2.45) is 0 Å². The SMILES string of the molecule is Cc1cc(O)cc(C)c1C#CCCNC(=O)OCC1c2ccccc2-c2ccccc21. The Balaban J connectivity index is 1.30. The van der Waals surface area contributed by atoms with Gasteiger partial charge in [0.25, 0.3) is 0 Å². The van der Waals surface area contributed by atoms with Crippen molar-refractivity contribution < 1.29 is 14.6 Å². The highest BCUT2D eigenvalue weighted by atomic mass is 16.5. The van der Waals surface area contributed by atoms with Gasteiger partial charge in [0.05, 0.1) is 0 Å². The number of alkyl carbamates (subject to hydrolysis) is 1. The minimum Gasteiger partial charge on any atom is -0.508 e. The second-order valence-corrected chi connectivity index (χ2v) is 7.76. The predicted octanol–water partition coefficient (Wildman–Crippen LogP) is 5.29. The van der Waals surface area contributed by atoms with Crippen LogP contribution in [0.1, 0.15) is 40.2 Å². The van der Waals surface area contributed by atoms with Crippen LogP contribution in [-0.4, -0.2) is 24.4 Å². The molecule has 4 nitrogen and oxygen atoms in total. The molecule has 3 aromatic rings. The van der Waals surface area contributed by atoms with E-state index in [4.69, 9.17) is 4.74 Å². The average Bonchev–Trinajstić information content (AvgIpc) is 3.07. The number of fused-ring (bicyclic) bond motifs is 3. The molecule has 0 saturated heterocycles. The highest BCUT2D eigenvalue weighted by Crippen LogP contribution is 2.44. The Bertz CT molecular complexity index is 1120. The number of aromatic hydroxyl groups is 1. The Hall–Kier alpha value is -3.71. The quantitative estimate of drug-likeness (QED) is 0.453. The molecule has 0 bridgehead atoms. The molecule has 1 amide bonds. The van der Waals surface area contributed by atoms with Crippen LogP contribution in [0.2, 0.25) is 0 Å². The van der Waals surface area contributed by atoms with E-state index in [1.807, 2.05) is 38.1 Å². The topological polar surface area (TPSA) is 58.6 Å². The normalized spacial score (nSPS) is 11.8. The van der Waals surface area contributed by atoms with E-state index >= 15 is 0 Å². The monoisotopic (exact) mass is 411 g/mol. The fourth-order valence-electron chi connectivity index (χ4n) is 4.17. The number of hydrogen-bond donors (Lipinski definition) is 2. The Morgan fingerprint density at radius 3 is 2.19 bits per heavy atom. The van der Waals surface area contributed by atoms with Crippen LogP contribution in [0.15, 0.2) is 60.7 Å². The molecule has 0 aliphatic heterocycles. The lowest BCUT2D eigenvalue weighted by Gasteiger charge is -2.14. The molecule has 0 radical (unpaired) electrons. The molecule has 0 atom stereocenters. The average molecular weight is 412 g/mol. The molecule has 0 spiro atoms. The van der Waals surface area contributed by atoms with Crippen LogP contribution in [-0.2, 0) is 4.74 Å². The number of aryl methyl sites for hydroxylation is 2. The molecule has 156 valence electrons. The lowest BCUT2D eigenvalue weighted by molar-refractivity contribution is 0.143. The minimum atomic E-state index is -0.430. The predicted molar refractivity (Wildman–Crippen MR) is 122 cm³/mol. The van der Waals surface area contributed by atoms with E-state index in [0.29, 0.717) is 19.6 Å². The Kier molecular flexibility index (Phi) is 5.95. The van der Waals surface area contributed by atoms with Gasteiger partial charge >= 0.3 is 6.09 Å². The maximum Gasteiger partial charge on any atom is 0.407 e. The van der Waals surface area contributed by atoms with Crippen LogP contribution in [0.25, 0.3) is 11.1 Å². The zero-order chi connectivity index (χ0) is 21.8. The molecule has 2 N–H and O–H groups in total. The van der Waals surface area contributed by atoms with Crippen molar-refractivity contribution in [2.75, 3.05) is 13.2 Å². The maximum absolute atomic E-state index is 12.2. The number of carbonyl (C=O) groups excluding carboxylic acids is 1. The van der Waals surface area contributed by atoms with Crippen molar-refractivity contribution >= 4 is 6.09 Å². The first-order chi connectivity index (χ1) is 15.0. The third-order valence-electron chi connectivity index (χ3n) is 5.59. The Morgan fingerprint density at radius 2 is 1.58 bits per heavy atom.